The average Bonchev–Trinajstić information content (AvgIpc) is 2.81. The second-order valence-corrected chi connectivity index (χ2v) is 5.97. The summed E-state index contributed by atoms with van der Waals surface area (Å²) in [5.74, 6) is -0.0881. The normalized spacial score (nSPS) is 10.2. The minimum absolute atomic E-state index is 0.0899. The van der Waals surface area contributed by atoms with Crippen molar-refractivity contribution in [1.29, 1.82) is 0 Å². The number of benzene rings is 1. The van der Waals surface area contributed by atoms with Crippen molar-refractivity contribution in [3.8, 4) is 5.75 Å². The van der Waals surface area contributed by atoms with Crippen molar-refractivity contribution in [3.63, 3.8) is 0 Å². The largest absolute Gasteiger partial charge is 0.484 e. The molecule has 0 aliphatic rings. The molecule has 0 aliphatic carbocycles. The van der Waals surface area contributed by atoms with E-state index in [9.17, 15) is 9.18 Å². The third-order valence-corrected chi connectivity index (χ3v) is 4.16. The minimum Gasteiger partial charge on any atom is -0.484 e. The molecule has 0 saturated carbocycles. The Hall–Kier alpha value is -1.40. The van der Waals surface area contributed by atoms with Crippen LogP contribution in [0.15, 0.2) is 39.5 Å². The number of thiophene rings is 1. The molecule has 19 heavy (non-hydrogen) atoms. The van der Waals surface area contributed by atoms with Gasteiger partial charge < -0.3 is 10.1 Å². The van der Waals surface area contributed by atoms with Gasteiger partial charge in [-0.3, -0.25) is 4.79 Å². The van der Waals surface area contributed by atoms with Gasteiger partial charge in [0.25, 0.3) is 5.91 Å². The molecule has 1 aromatic heterocycles. The summed E-state index contributed by atoms with van der Waals surface area (Å²) in [5, 5.41) is 4.69. The van der Waals surface area contributed by atoms with Gasteiger partial charge in [-0.1, -0.05) is 0 Å². The maximum atomic E-state index is 12.7. The molecule has 1 aromatic carbocycles. The molecule has 0 atom stereocenters. The molecule has 2 rings (SSSR count). The van der Waals surface area contributed by atoms with E-state index >= 15 is 0 Å². The van der Waals surface area contributed by atoms with Crippen LogP contribution in [0.4, 0.5) is 4.39 Å². The van der Waals surface area contributed by atoms with E-state index in [1.165, 1.54) is 24.3 Å². The summed E-state index contributed by atoms with van der Waals surface area (Å²) < 4.78 is 18.9. The van der Waals surface area contributed by atoms with Crippen molar-refractivity contribution < 1.29 is 13.9 Å². The molecular weight excluding hydrogens is 333 g/mol. The third kappa shape index (κ3) is 4.33. The fourth-order valence-corrected chi connectivity index (χ4v) is 2.61. The fraction of sp³-hybridized carbons (Fsp3) is 0.154. The molecule has 0 radical (unpaired) electrons. The maximum Gasteiger partial charge on any atom is 0.258 e. The zero-order valence-electron chi connectivity index (χ0n) is 9.86. The fourth-order valence-electron chi connectivity index (χ4n) is 1.37. The molecule has 2 aromatic rings. The highest BCUT2D eigenvalue weighted by Crippen LogP contribution is 2.22. The lowest BCUT2D eigenvalue weighted by Crippen LogP contribution is -2.28. The minimum atomic E-state index is -0.334. The van der Waals surface area contributed by atoms with Gasteiger partial charge >= 0.3 is 0 Å². The highest BCUT2D eigenvalue weighted by Gasteiger charge is 2.05. The standard InChI is InChI=1S/C13H11BrFNO2S/c14-13-9(5-6-19-13)7-16-12(17)8-18-11-3-1-10(15)2-4-11/h1-6H,7-8H2,(H,16,17). The van der Waals surface area contributed by atoms with Crippen molar-refractivity contribution in [2.45, 2.75) is 6.54 Å². The molecule has 0 aliphatic heterocycles. The summed E-state index contributed by atoms with van der Waals surface area (Å²) in [6.45, 7) is 0.364. The van der Waals surface area contributed by atoms with Gasteiger partial charge in [-0.15, -0.1) is 11.3 Å². The quantitative estimate of drug-likeness (QED) is 0.904. The zero-order chi connectivity index (χ0) is 13.7. The van der Waals surface area contributed by atoms with Crippen LogP contribution in [0.3, 0.4) is 0 Å². The van der Waals surface area contributed by atoms with E-state index in [4.69, 9.17) is 4.74 Å². The molecule has 0 spiro atoms. The first-order valence-electron chi connectivity index (χ1n) is 5.52. The van der Waals surface area contributed by atoms with Gasteiger partial charge in [0.1, 0.15) is 11.6 Å². The number of carbonyl (C=O) groups is 1. The monoisotopic (exact) mass is 343 g/mol. The molecule has 6 heteroatoms. The van der Waals surface area contributed by atoms with E-state index in [2.05, 4.69) is 21.2 Å². The molecule has 1 N–H and O–H groups in total. The number of rotatable bonds is 5. The van der Waals surface area contributed by atoms with Gasteiger partial charge in [-0.05, 0) is 57.2 Å². The predicted molar refractivity (Wildman–Crippen MR) is 75.8 cm³/mol. The van der Waals surface area contributed by atoms with Crippen LogP contribution in [0, 0.1) is 5.82 Å². The van der Waals surface area contributed by atoms with Crippen molar-refractivity contribution in [1.82, 2.24) is 5.32 Å². The first-order valence-corrected chi connectivity index (χ1v) is 7.19. The number of ether oxygens (including phenoxy) is 1. The van der Waals surface area contributed by atoms with Crippen LogP contribution in [0.1, 0.15) is 5.56 Å². The molecule has 0 saturated heterocycles. The van der Waals surface area contributed by atoms with E-state index in [-0.39, 0.29) is 18.3 Å². The summed E-state index contributed by atoms with van der Waals surface area (Å²) in [7, 11) is 0. The third-order valence-electron chi connectivity index (χ3n) is 2.35. The van der Waals surface area contributed by atoms with E-state index in [1.54, 1.807) is 11.3 Å². The zero-order valence-corrected chi connectivity index (χ0v) is 12.3. The summed E-state index contributed by atoms with van der Waals surface area (Å²) in [6, 6.07) is 7.48. The van der Waals surface area contributed by atoms with Gasteiger partial charge in [-0.25, -0.2) is 4.39 Å². The summed E-state index contributed by atoms with van der Waals surface area (Å²) in [4.78, 5) is 11.6. The number of hydrogen-bond acceptors (Lipinski definition) is 3. The Morgan fingerprint density at radius 1 is 1.32 bits per heavy atom. The molecule has 0 fully saturated rings. The Bertz CT molecular complexity index is 556. The maximum absolute atomic E-state index is 12.7. The molecule has 1 amide bonds. The number of halogens is 2. The first-order chi connectivity index (χ1) is 9.15. The average molecular weight is 344 g/mol. The summed E-state index contributed by atoms with van der Waals surface area (Å²) in [6.07, 6.45) is 0. The van der Waals surface area contributed by atoms with Gasteiger partial charge in [0, 0.05) is 6.54 Å². The van der Waals surface area contributed by atoms with Crippen LogP contribution >= 0.6 is 27.3 Å². The Morgan fingerprint density at radius 3 is 2.68 bits per heavy atom. The first kappa shape index (κ1) is 14.0. The smallest absolute Gasteiger partial charge is 0.258 e. The van der Waals surface area contributed by atoms with Crippen LogP contribution in [0.25, 0.3) is 0 Å². The van der Waals surface area contributed by atoms with Crippen molar-refractivity contribution in [2.75, 3.05) is 6.61 Å². The van der Waals surface area contributed by atoms with Crippen molar-refractivity contribution in [2.24, 2.45) is 0 Å². The highest BCUT2D eigenvalue weighted by molar-refractivity contribution is 9.11. The van der Waals surface area contributed by atoms with E-state index in [1.807, 2.05) is 11.4 Å². The second kappa shape index (κ2) is 6.68. The molecule has 1 heterocycles. The lowest BCUT2D eigenvalue weighted by molar-refractivity contribution is -0.123. The molecule has 0 unspecified atom stereocenters. The second-order valence-electron chi connectivity index (χ2n) is 3.74. The van der Waals surface area contributed by atoms with E-state index in [0.717, 1.165) is 9.35 Å². The van der Waals surface area contributed by atoms with Crippen LogP contribution in [0.2, 0.25) is 0 Å². The van der Waals surface area contributed by atoms with E-state index < -0.39 is 0 Å². The van der Waals surface area contributed by atoms with E-state index in [0.29, 0.717) is 12.3 Å². The molecule has 3 nitrogen and oxygen atoms in total. The Morgan fingerprint density at radius 2 is 2.05 bits per heavy atom. The lowest BCUT2D eigenvalue weighted by Gasteiger charge is -2.07. The molecule has 100 valence electrons. The van der Waals surface area contributed by atoms with Crippen LogP contribution in [0.5, 0.6) is 5.75 Å². The van der Waals surface area contributed by atoms with Gasteiger partial charge in [-0.2, -0.15) is 0 Å². The van der Waals surface area contributed by atoms with Crippen LogP contribution in [-0.2, 0) is 11.3 Å². The van der Waals surface area contributed by atoms with Crippen molar-refractivity contribution >= 4 is 33.2 Å². The number of hydrogen-bond donors (Lipinski definition) is 1. The topological polar surface area (TPSA) is 38.3 Å². The van der Waals surface area contributed by atoms with Crippen LogP contribution in [-0.4, -0.2) is 12.5 Å². The van der Waals surface area contributed by atoms with Gasteiger partial charge in [0.05, 0.1) is 3.79 Å². The summed E-state index contributed by atoms with van der Waals surface area (Å²) >= 11 is 4.97. The SMILES string of the molecule is O=C(COc1ccc(F)cc1)NCc1ccsc1Br. The predicted octanol–water partition coefficient (Wildman–Crippen LogP) is 3.34. The number of amides is 1. The van der Waals surface area contributed by atoms with Gasteiger partial charge in [0.2, 0.25) is 0 Å². The highest BCUT2D eigenvalue weighted by atomic mass is 79.9. The molecular formula is C13H11BrFNO2S. The number of nitrogens with one attached hydrogen (secondary N) is 1. The van der Waals surface area contributed by atoms with Gasteiger partial charge in [0.15, 0.2) is 6.61 Å². The Kier molecular flexibility index (Phi) is 4.93. The van der Waals surface area contributed by atoms with Crippen molar-refractivity contribution in [3.05, 3.63) is 50.9 Å². The lowest BCUT2D eigenvalue weighted by atomic mass is 10.3. The summed E-state index contributed by atoms with van der Waals surface area (Å²) in [5.41, 5.74) is 1.03. The number of carbonyl (C=O) groups excluding carboxylic acids is 1. The van der Waals surface area contributed by atoms with Crippen LogP contribution < -0.4 is 10.1 Å². The molecule has 0 bridgehead atoms. The Labute approximate surface area is 122 Å². The Balaban J connectivity index is 1.76.